The minimum atomic E-state index is -1.68. The lowest BCUT2D eigenvalue weighted by Gasteiger charge is -2.44. The molecule has 2 aliphatic carbocycles. The lowest BCUT2D eigenvalue weighted by atomic mass is 9.67. The van der Waals surface area contributed by atoms with Crippen LogP contribution in [0, 0.1) is 22.7 Å². The summed E-state index contributed by atoms with van der Waals surface area (Å²) in [4.78, 5) is 29.1. The number of ether oxygens (including phenoxy) is 9. The molecular formula is C53H74O23. The molecule has 23 heteroatoms. The first-order valence-corrected chi connectivity index (χ1v) is 25.2. The fraction of sp³-hybridized carbons (Fsp3) is 0.623. The molecule has 2 aliphatic heterocycles. The van der Waals surface area contributed by atoms with Crippen LogP contribution in [0.3, 0.4) is 0 Å². The Kier molecular flexibility index (Phi) is 22.0. The Labute approximate surface area is 439 Å². The van der Waals surface area contributed by atoms with E-state index < -0.39 is 135 Å². The van der Waals surface area contributed by atoms with Crippen molar-refractivity contribution in [3.63, 3.8) is 0 Å². The van der Waals surface area contributed by atoms with Crippen molar-refractivity contribution in [2.75, 3.05) is 67.6 Å². The van der Waals surface area contributed by atoms with Gasteiger partial charge in [-0.05, 0) is 110 Å². The highest BCUT2D eigenvalue weighted by molar-refractivity contribution is 6.12. The second-order valence-corrected chi connectivity index (χ2v) is 19.9. The molecule has 4 fully saturated rings. The maximum absolute atomic E-state index is 14.6. The number of carbonyl (C=O) groups excluding carboxylic acids is 2. The van der Waals surface area contributed by atoms with Crippen LogP contribution in [0.5, 0.6) is 17.2 Å². The molecule has 2 aromatic rings. The maximum Gasteiger partial charge on any atom is 0.339 e. The Balaban J connectivity index is 1.18. The second kappa shape index (κ2) is 27.7. The molecule has 2 heterocycles. The Morgan fingerprint density at radius 3 is 1.68 bits per heavy atom. The fourth-order valence-electron chi connectivity index (χ4n) is 9.97. The van der Waals surface area contributed by atoms with E-state index in [1.807, 2.05) is 0 Å². The summed E-state index contributed by atoms with van der Waals surface area (Å²) < 4.78 is 50.1. The van der Waals surface area contributed by atoms with Crippen LogP contribution < -0.4 is 14.2 Å². The van der Waals surface area contributed by atoms with Gasteiger partial charge in [0.1, 0.15) is 54.6 Å². The van der Waals surface area contributed by atoms with Gasteiger partial charge in [0.2, 0.25) is 6.29 Å². The number of aliphatic hydroxyl groups excluding tert-OH is 12. The number of aliphatic hydroxyl groups is 12. The Morgan fingerprint density at radius 2 is 1.16 bits per heavy atom. The van der Waals surface area contributed by atoms with Gasteiger partial charge in [0, 0.05) is 10.8 Å². The van der Waals surface area contributed by atoms with Gasteiger partial charge in [-0.15, -0.1) is 0 Å². The van der Waals surface area contributed by atoms with Gasteiger partial charge >= 0.3 is 11.9 Å². The molecule has 0 aromatic heterocycles. The molecule has 0 amide bonds. The molecule has 16 atom stereocenters. The van der Waals surface area contributed by atoms with E-state index in [-0.39, 0.29) is 63.1 Å². The number of methoxy groups -OCH3 is 3. The molecule has 23 nitrogen and oxygen atoms in total. The summed E-state index contributed by atoms with van der Waals surface area (Å²) in [7, 11) is 4.39. The number of benzene rings is 2. The van der Waals surface area contributed by atoms with Crippen LogP contribution in [-0.2, 0) is 38.0 Å². The van der Waals surface area contributed by atoms with E-state index in [0.717, 1.165) is 6.26 Å². The third-order valence-corrected chi connectivity index (χ3v) is 15.1. The average Bonchev–Trinajstić information content (AvgIpc) is 3.44. The zero-order valence-corrected chi connectivity index (χ0v) is 42.7. The summed E-state index contributed by atoms with van der Waals surface area (Å²) in [6.07, 6.45) is -10.6. The van der Waals surface area contributed by atoms with Crippen molar-refractivity contribution in [1.82, 2.24) is 0 Å². The number of hydrogen-bond acceptors (Lipinski definition) is 23. The topological polar surface area (TPSA) is 360 Å². The number of hydrogen-bond donors (Lipinski definition) is 12. The minimum Gasteiger partial charge on any atom is -0.497 e. The number of rotatable bonds is 23. The zero-order chi connectivity index (χ0) is 55.3. The van der Waals surface area contributed by atoms with Gasteiger partial charge in [-0.25, -0.2) is 9.59 Å². The third kappa shape index (κ3) is 14.3. The smallest absolute Gasteiger partial charge is 0.339 e. The first kappa shape index (κ1) is 60.4. The van der Waals surface area contributed by atoms with Gasteiger partial charge in [-0.2, -0.15) is 0 Å². The van der Waals surface area contributed by atoms with Gasteiger partial charge < -0.3 is 104 Å². The van der Waals surface area contributed by atoms with E-state index in [9.17, 15) is 70.9 Å². The fourth-order valence-corrected chi connectivity index (χ4v) is 9.97. The highest BCUT2D eigenvalue weighted by Gasteiger charge is 2.48. The minimum absolute atomic E-state index is 0.0439. The van der Waals surface area contributed by atoms with Crippen LogP contribution in [-0.4, -0.2) is 214 Å². The molecule has 424 valence electrons. The summed E-state index contributed by atoms with van der Waals surface area (Å²) in [6, 6.07) is 11.5. The normalized spacial score (nSPS) is 34.4. The van der Waals surface area contributed by atoms with Crippen molar-refractivity contribution < 1.29 is 113 Å². The first-order chi connectivity index (χ1) is 36.4. The van der Waals surface area contributed by atoms with Crippen molar-refractivity contribution in [3.05, 3.63) is 77.1 Å². The SMILES string of the molecule is COc1ccc(/C=C(/C(=O)OC[C@H]2CC[C@@](C=CO[C@@H]3O[C@H](CO)[C@@H](O)[C@H](O)[C@H]3O)(CO)[C@@H](O)C2)C(=Cc2ccc(OC)c(OC)c2)C(=O)OC[C@H]2CC[C@](CO)(CCO[C@@H]3O[C@H](CO)[C@@H](O)[C@H](O)[C@H]3O)[C@@H](O)C2)cc1. The van der Waals surface area contributed by atoms with Crippen LogP contribution in [0.25, 0.3) is 12.2 Å². The standard InChI is InChI=1S/C53H74O23/c1-68-33-7-4-29(5-8-33)18-34(48(66)73-25-31-10-12-52(27-56,40(58)21-31)14-16-71-50-46(64)44(62)42(60)38(23-54)75-50)35(19-30-6-9-36(69-2)37(20-30)70-3)49(67)74-26-32-11-13-53(28-57,41(59)22-32)15-17-72-51-47(65)45(63)43(61)39(24-55)76-51/h4-9,14,16,18-20,31-32,38-47,50-51,54-65H,10-13,15,17,21-28H2,1-3H3/b16-14?,34-18+,35-19?/t31-,32-,38+,39+,40-,41-,42+,43+,44-,45-,46+,47+,50+,51+,52+,53+/m0/s1. The molecule has 4 aliphatic rings. The first-order valence-electron chi connectivity index (χ1n) is 25.2. The predicted molar refractivity (Wildman–Crippen MR) is 264 cm³/mol. The van der Waals surface area contributed by atoms with Gasteiger partial charge in [0.15, 0.2) is 17.8 Å². The van der Waals surface area contributed by atoms with Crippen LogP contribution in [0.15, 0.2) is 65.9 Å². The summed E-state index contributed by atoms with van der Waals surface area (Å²) in [6.45, 7) is -2.85. The van der Waals surface area contributed by atoms with Crippen molar-refractivity contribution in [2.45, 2.75) is 119 Å². The average molecular weight is 1080 g/mol. The number of esters is 2. The third-order valence-electron chi connectivity index (χ3n) is 15.1. The molecule has 2 aromatic carbocycles. The summed E-state index contributed by atoms with van der Waals surface area (Å²) in [5.74, 6) is -1.46. The molecular weight excluding hydrogens is 1000 g/mol. The molecule has 0 unspecified atom stereocenters. The lowest BCUT2D eigenvalue weighted by molar-refractivity contribution is -0.302. The highest BCUT2D eigenvalue weighted by atomic mass is 16.7. The monoisotopic (exact) mass is 1080 g/mol. The molecule has 2 saturated heterocycles. The van der Waals surface area contributed by atoms with Gasteiger partial charge in [0.25, 0.3) is 0 Å². The summed E-state index contributed by atoms with van der Waals surface area (Å²) in [5, 5.41) is 124. The highest BCUT2D eigenvalue weighted by Crippen LogP contribution is 2.43. The number of carbonyl (C=O) groups is 2. The zero-order valence-electron chi connectivity index (χ0n) is 42.7. The summed E-state index contributed by atoms with van der Waals surface area (Å²) in [5.41, 5.74) is -1.85. The van der Waals surface area contributed by atoms with E-state index in [4.69, 9.17) is 42.6 Å². The van der Waals surface area contributed by atoms with E-state index in [0.29, 0.717) is 41.2 Å². The summed E-state index contributed by atoms with van der Waals surface area (Å²) >= 11 is 0. The molecule has 2 saturated carbocycles. The lowest BCUT2D eigenvalue weighted by Crippen LogP contribution is -2.59. The van der Waals surface area contributed by atoms with Gasteiger partial charge in [0.05, 0.1) is 97.2 Å². The quantitative estimate of drug-likeness (QED) is 0.0277. The van der Waals surface area contributed by atoms with Crippen LogP contribution in [0.1, 0.15) is 56.1 Å². The molecule has 0 spiro atoms. The van der Waals surface area contributed by atoms with Crippen molar-refractivity contribution in [1.29, 1.82) is 0 Å². The molecule has 76 heavy (non-hydrogen) atoms. The van der Waals surface area contributed by atoms with Crippen molar-refractivity contribution >= 4 is 24.1 Å². The van der Waals surface area contributed by atoms with Gasteiger partial charge in [-0.1, -0.05) is 18.2 Å². The van der Waals surface area contributed by atoms with Crippen LogP contribution in [0.4, 0.5) is 0 Å². The van der Waals surface area contributed by atoms with Crippen molar-refractivity contribution in [2.24, 2.45) is 22.7 Å². The van der Waals surface area contributed by atoms with Crippen LogP contribution >= 0.6 is 0 Å². The molecule has 0 radical (unpaired) electrons. The van der Waals surface area contributed by atoms with E-state index >= 15 is 0 Å². The second-order valence-electron chi connectivity index (χ2n) is 19.9. The largest absolute Gasteiger partial charge is 0.497 e. The van der Waals surface area contributed by atoms with E-state index in [1.54, 1.807) is 42.5 Å². The molecule has 12 N–H and O–H groups in total. The Morgan fingerprint density at radius 1 is 0.618 bits per heavy atom. The van der Waals surface area contributed by atoms with Crippen LogP contribution in [0.2, 0.25) is 0 Å². The maximum atomic E-state index is 14.6. The Hall–Kier alpha value is -4.80. The Bertz CT molecular complexity index is 2270. The van der Waals surface area contributed by atoms with E-state index in [2.05, 4.69) is 0 Å². The molecule has 0 bridgehead atoms. The van der Waals surface area contributed by atoms with Gasteiger partial charge in [-0.3, -0.25) is 0 Å². The van der Waals surface area contributed by atoms with Crippen molar-refractivity contribution in [3.8, 4) is 17.2 Å². The molecule has 6 rings (SSSR count). The van der Waals surface area contributed by atoms with E-state index in [1.165, 1.54) is 39.6 Å². The predicted octanol–water partition coefficient (Wildman–Crippen LogP) is -0.918.